The van der Waals surface area contributed by atoms with Crippen LogP contribution in [-0.4, -0.2) is 25.8 Å². The Kier molecular flexibility index (Phi) is 4.50. The minimum absolute atomic E-state index is 0.0217. The zero-order chi connectivity index (χ0) is 14.4. The summed E-state index contributed by atoms with van der Waals surface area (Å²) in [6, 6.07) is 16.2. The van der Waals surface area contributed by atoms with Crippen LogP contribution < -0.4 is 9.64 Å². The number of aldehydes is 1. The molecule has 0 radical (unpaired) electrons. The molecule has 0 aromatic heterocycles. The first-order valence-electron chi connectivity index (χ1n) is 6.22. The quantitative estimate of drug-likeness (QED) is 0.784. The van der Waals surface area contributed by atoms with Gasteiger partial charge in [-0.05, 0) is 30.3 Å². The number of carbonyl (C=O) groups is 2. The van der Waals surface area contributed by atoms with Gasteiger partial charge in [0.25, 0.3) is 5.91 Å². The number of hydrogen-bond acceptors (Lipinski definition) is 3. The van der Waals surface area contributed by atoms with E-state index in [9.17, 15) is 9.59 Å². The Morgan fingerprint density at radius 3 is 2.60 bits per heavy atom. The topological polar surface area (TPSA) is 46.6 Å². The monoisotopic (exact) mass is 269 g/mol. The van der Waals surface area contributed by atoms with E-state index in [-0.39, 0.29) is 12.5 Å². The van der Waals surface area contributed by atoms with Crippen LogP contribution in [0.5, 0.6) is 5.75 Å². The number of benzene rings is 2. The molecule has 0 saturated heterocycles. The molecule has 1 amide bonds. The molecule has 102 valence electrons. The number of para-hydroxylation sites is 1. The average Bonchev–Trinajstić information content (AvgIpc) is 2.52. The van der Waals surface area contributed by atoms with E-state index in [1.165, 1.54) is 0 Å². The minimum Gasteiger partial charge on any atom is -0.486 e. The van der Waals surface area contributed by atoms with Crippen molar-refractivity contribution in [1.82, 2.24) is 0 Å². The standard InChI is InChI=1S/C16H15NO3/c1-17(14-7-3-2-4-8-14)16(19)13-6-5-9-15(12-13)20-11-10-18/h2-10,12H,11H2,1H3. The summed E-state index contributed by atoms with van der Waals surface area (Å²) in [6.07, 6.45) is 0.671. The van der Waals surface area contributed by atoms with E-state index in [2.05, 4.69) is 0 Å². The van der Waals surface area contributed by atoms with Crippen molar-refractivity contribution in [3.05, 3.63) is 60.2 Å². The van der Waals surface area contributed by atoms with Crippen LogP contribution in [0.3, 0.4) is 0 Å². The molecule has 0 aliphatic carbocycles. The maximum atomic E-state index is 12.4. The number of rotatable bonds is 5. The SMILES string of the molecule is CN(C(=O)c1cccc(OCC=O)c1)c1ccccc1. The van der Waals surface area contributed by atoms with E-state index in [0.717, 1.165) is 5.69 Å². The van der Waals surface area contributed by atoms with Gasteiger partial charge < -0.3 is 9.64 Å². The van der Waals surface area contributed by atoms with Gasteiger partial charge in [-0.25, -0.2) is 0 Å². The smallest absolute Gasteiger partial charge is 0.258 e. The van der Waals surface area contributed by atoms with Crippen molar-refractivity contribution in [3.8, 4) is 5.75 Å². The van der Waals surface area contributed by atoms with Crippen molar-refractivity contribution in [2.24, 2.45) is 0 Å². The number of carbonyl (C=O) groups excluding carboxylic acids is 2. The molecule has 0 bridgehead atoms. The Balaban J connectivity index is 2.18. The molecule has 2 aromatic carbocycles. The number of ether oxygens (including phenoxy) is 1. The third kappa shape index (κ3) is 3.23. The molecule has 0 saturated carbocycles. The number of hydrogen-bond donors (Lipinski definition) is 0. The lowest BCUT2D eigenvalue weighted by Crippen LogP contribution is -2.26. The van der Waals surface area contributed by atoms with Crippen LogP contribution in [0.4, 0.5) is 5.69 Å². The summed E-state index contributed by atoms with van der Waals surface area (Å²) in [5, 5.41) is 0. The summed E-state index contributed by atoms with van der Waals surface area (Å²) in [7, 11) is 1.72. The zero-order valence-electron chi connectivity index (χ0n) is 11.2. The summed E-state index contributed by atoms with van der Waals surface area (Å²) in [5.74, 6) is 0.372. The maximum absolute atomic E-state index is 12.4. The fourth-order valence-corrected chi connectivity index (χ4v) is 1.81. The molecule has 4 nitrogen and oxygen atoms in total. The molecule has 0 unspecified atom stereocenters. The van der Waals surface area contributed by atoms with E-state index in [0.29, 0.717) is 17.6 Å². The molecular weight excluding hydrogens is 254 g/mol. The van der Waals surface area contributed by atoms with Gasteiger partial charge in [0.05, 0.1) is 0 Å². The highest BCUT2D eigenvalue weighted by molar-refractivity contribution is 6.05. The number of amides is 1. The fourth-order valence-electron chi connectivity index (χ4n) is 1.81. The Bertz CT molecular complexity index is 596. The van der Waals surface area contributed by atoms with Gasteiger partial charge in [-0.1, -0.05) is 24.3 Å². The van der Waals surface area contributed by atoms with Gasteiger partial charge in [0.2, 0.25) is 0 Å². The predicted molar refractivity (Wildman–Crippen MR) is 77.2 cm³/mol. The highest BCUT2D eigenvalue weighted by Crippen LogP contribution is 2.18. The minimum atomic E-state index is -0.132. The molecule has 0 heterocycles. The second kappa shape index (κ2) is 6.52. The second-order valence-corrected chi connectivity index (χ2v) is 4.21. The summed E-state index contributed by atoms with van der Waals surface area (Å²) in [4.78, 5) is 24.2. The normalized spacial score (nSPS) is 9.85. The molecule has 2 aromatic rings. The fraction of sp³-hybridized carbons (Fsp3) is 0.125. The Morgan fingerprint density at radius 2 is 1.90 bits per heavy atom. The highest BCUT2D eigenvalue weighted by atomic mass is 16.5. The van der Waals surface area contributed by atoms with Crippen LogP contribution in [-0.2, 0) is 4.79 Å². The summed E-state index contributed by atoms with van der Waals surface area (Å²) >= 11 is 0. The molecule has 2 rings (SSSR count). The Hall–Kier alpha value is -2.62. The van der Waals surface area contributed by atoms with Crippen molar-refractivity contribution < 1.29 is 14.3 Å². The van der Waals surface area contributed by atoms with Gasteiger partial charge >= 0.3 is 0 Å². The summed E-state index contributed by atoms with van der Waals surface area (Å²) < 4.78 is 5.19. The lowest BCUT2D eigenvalue weighted by molar-refractivity contribution is -0.109. The van der Waals surface area contributed by atoms with Crippen molar-refractivity contribution in [3.63, 3.8) is 0 Å². The van der Waals surface area contributed by atoms with Gasteiger partial charge in [-0.2, -0.15) is 0 Å². The van der Waals surface area contributed by atoms with Crippen molar-refractivity contribution in [1.29, 1.82) is 0 Å². The van der Waals surface area contributed by atoms with Gasteiger partial charge in [0.1, 0.15) is 12.4 Å². The average molecular weight is 269 g/mol. The van der Waals surface area contributed by atoms with E-state index in [1.807, 2.05) is 30.3 Å². The van der Waals surface area contributed by atoms with Crippen LogP contribution in [0.15, 0.2) is 54.6 Å². The van der Waals surface area contributed by atoms with Gasteiger partial charge in [0, 0.05) is 18.3 Å². The molecule has 4 heteroatoms. The van der Waals surface area contributed by atoms with Crippen LogP contribution in [0.25, 0.3) is 0 Å². The molecule has 0 fully saturated rings. The van der Waals surface area contributed by atoms with Crippen molar-refractivity contribution >= 4 is 17.9 Å². The van der Waals surface area contributed by atoms with E-state index in [4.69, 9.17) is 4.74 Å². The molecular formula is C16H15NO3. The molecule has 0 atom stereocenters. The van der Waals surface area contributed by atoms with Gasteiger partial charge in [-0.15, -0.1) is 0 Å². The Morgan fingerprint density at radius 1 is 1.15 bits per heavy atom. The summed E-state index contributed by atoms with van der Waals surface area (Å²) in [5.41, 5.74) is 1.33. The van der Waals surface area contributed by atoms with Crippen LogP contribution >= 0.6 is 0 Å². The lowest BCUT2D eigenvalue weighted by atomic mass is 10.2. The number of anilines is 1. The van der Waals surface area contributed by atoms with Crippen molar-refractivity contribution in [2.75, 3.05) is 18.6 Å². The molecule has 0 spiro atoms. The zero-order valence-corrected chi connectivity index (χ0v) is 11.2. The van der Waals surface area contributed by atoms with Gasteiger partial charge in [-0.3, -0.25) is 9.59 Å². The van der Waals surface area contributed by atoms with Crippen LogP contribution in [0.1, 0.15) is 10.4 Å². The molecule has 0 aliphatic rings. The third-order valence-corrected chi connectivity index (χ3v) is 2.85. The molecule has 0 aliphatic heterocycles. The first kappa shape index (κ1) is 13.8. The number of nitrogens with zero attached hydrogens (tertiary/aromatic N) is 1. The molecule has 0 N–H and O–H groups in total. The largest absolute Gasteiger partial charge is 0.486 e. The van der Waals surface area contributed by atoms with Crippen LogP contribution in [0.2, 0.25) is 0 Å². The second-order valence-electron chi connectivity index (χ2n) is 4.21. The van der Waals surface area contributed by atoms with E-state index in [1.54, 1.807) is 36.2 Å². The van der Waals surface area contributed by atoms with E-state index < -0.39 is 0 Å². The Labute approximate surface area is 117 Å². The first-order chi connectivity index (χ1) is 9.72. The first-order valence-corrected chi connectivity index (χ1v) is 6.22. The predicted octanol–water partition coefficient (Wildman–Crippen LogP) is 2.54. The maximum Gasteiger partial charge on any atom is 0.258 e. The third-order valence-electron chi connectivity index (χ3n) is 2.85. The summed E-state index contributed by atoms with van der Waals surface area (Å²) in [6.45, 7) is -0.0217. The van der Waals surface area contributed by atoms with Gasteiger partial charge in [0.15, 0.2) is 6.29 Å². The highest BCUT2D eigenvalue weighted by Gasteiger charge is 2.13. The lowest BCUT2D eigenvalue weighted by Gasteiger charge is -2.17. The van der Waals surface area contributed by atoms with Crippen molar-refractivity contribution in [2.45, 2.75) is 0 Å². The van der Waals surface area contributed by atoms with E-state index >= 15 is 0 Å². The van der Waals surface area contributed by atoms with Crippen LogP contribution in [0, 0.1) is 0 Å². The molecule has 20 heavy (non-hydrogen) atoms.